The first kappa shape index (κ1) is 53.1. The molecule has 0 fully saturated rings. The highest BCUT2D eigenvalue weighted by Crippen LogP contribution is 2.43. The Morgan fingerprint density at radius 2 is 0.926 bits per heavy atom. The summed E-state index contributed by atoms with van der Waals surface area (Å²) in [5, 5.41) is 0. The lowest BCUT2D eigenvalue weighted by Gasteiger charge is -2.19. The lowest BCUT2D eigenvalue weighted by molar-refractivity contribution is -0.147. The zero-order valence-corrected chi connectivity index (χ0v) is 36.6. The van der Waals surface area contributed by atoms with E-state index in [0.717, 1.165) is 32.1 Å². The number of rotatable bonds is 45. The second-order valence-corrected chi connectivity index (χ2v) is 17.2. The van der Waals surface area contributed by atoms with Crippen molar-refractivity contribution >= 4 is 13.8 Å². The second-order valence-electron chi connectivity index (χ2n) is 15.7. The number of unbranched alkanes of at least 4 members (excludes halogenated alkanes) is 32. The third-order valence-electron chi connectivity index (χ3n) is 10.3. The van der Waals surface area contributed by atoms with Crippen LogP contribution < -0.4 is 5.73 Å². The zero-order chi connectivity index (χ0) is 39.5. The predicted molar refractivity (Wildman–Crippen MR) is 229 cm³/mol. The van der Waals surface area contributed by atoms with Crippen LogP contribution in [0, 0.1) is 0 Å². The van der Waals surface area contributed by atoms with E-state index in [1.165, 1.54) is 186 Å². The topological polar surface area (TPSA) is 117 Å². The molecule has 0 aliphatic rings. The van der Waals surface area contributed by atoms with Gasteiger partial charge < -0.3 is 20.1 Å². The van der Waals surface area contributed by atoms with Gasteiger partial charge in [-0.3, -0.25) is 13.8 Å². The molecule has 0 saturated heterocycles. The summed E-state index contributed by atoms with van der Waals surface area (Å²) < 4.78 is 33.3. The Morgan fingerprint density at radius 3 is 1.31 bits per heavy atom. The molecule has 322 valence electrons. The highest BCUT2D eigenvalue weighted by molar-refractivity contribution is 7.47. The van der Waals surface area contributed by atoms with Crippen molar-refractivity contribution < 1.29 is 32.8 Å². The van der Waals surface area contributed by atoms with Gasteiger partial charge in [-0.05, 0) is 25.3 Å². The van der Waals surface area contributed by atoms with Gasteiger partial charge in [-0.25, -0.2) is 4.57 Å². The number of hydrogen-bond donors (Lipinski definition) is 2. The van der Waals surface area contributed by atoms with Crippen LogP contribution in [0.25, 0.3) is 0 Å². The Balaban J connectivity index is 3.98. The number of phosphoric acid groups is 1. The third-order valence-corrected chi connectivity index (χ3v) is 11.3. The third kappa shape index (κ3) is 42.2. The van der Waals surface area contributed by atoms with Crippen molar-refractivity contribution in [2.24, 2.45) is 5.73 Å². The van der Waals surface area contributed by atoms with Crippen molar-refractivity contribution in [3.05, 3.63) is 12.3 Å². The number of ether oxygens (including phenoxy) is 2. The summed E-state index contributed by atoms with van der Waals surface area (Å²) in [5.41, 5.74) is 5.37. The molecule has 0 rings (SSSR count). The average Bonchev–Trinajstić information content (AvgIpc) is 3.16. The monoisotopic (exact) mass is 788 g/mol. The molecule has 0 spiro atoms. The van der Waals surface area contributed by atoms with Crippen molar-refractivity contribution in [3.8, 4) is 0 Å². The number of hydrogen-bond acceptors (Lipinski definition) is 7. The van der Waals surface area contributed by atoms with Gasteiger partial charge in [0.2, 0.25) is 0 Å². The van der Waals surface area contributed by atoms with Gasteiger partial charge in [0, 0.05) is 13.0 Å². The molecule has 54 heavy (non-hydrogen) atoms. The van der Waals surface area contributed by atoms with Gasteiger partial charge in [0.05, 0.1) is 19.5 Å². The summed E-state index contributed by atoms with van der Waals surface area (Å²) in [4.78, 5) is 22.3. The smallest absolute Gasteiger partial charge is 0.472 e. The Bertz CT molecular complexity index is 843. The first-order chi connectivity index (χ1) is 26.4. The van der Waals surface area contributed by atoms with Crippen LogP contribution in [-0.4, -0.2) is 43.3 Å². The summed E-state index contributed by atoms with van der Waals surface area (Å²) >= 11 is 0. The van der Waals surface area contributed by atoms with Crippen LogP contribution in [0.2, 0.25) is 0 Å². The minimum atomic E-state index is -4.26. The second kappa shape index (κ2) is 43.2. The van der Waals surface area contributed by atoms with Crippen LogP contribution in [0.4, 0.5) is 0 Å². The number of carbonyl (C=O) groups excluding carboxylic acids is 1. The molecule has 0 aliphatic carbocycles. The maximum absolute atomic E-state index is 12.4. The number of phosphoric ester groups is 1. The summed E-state index contributed by atoms with van der Waals surface area (Å²) in [5.74, 6) is -0.284. The molecule has 0 aromatic carbocycles. The first-order valence-electron chi connectivity index (χ1n) is 23.2. The van der Waals surface area contributed by atoms with Gasteiger partial charge in [-0.1, -0.05) is 213 Å². The SMILES string of the molecule is CCCCCCCCCCCCCCCC/C=C\O[C@H](COC(=O)CCCCCCCCCCCCCCCCCCCCC)COP(=O)(O)OCCN. The van der Waals surface area contributed by atoms with Crippen LogP contribution in [-0.2, 0) is 27.9 Å². The fourth-order valence-electron chi connectivity index (χ4n) is 6.81. The van der Waals surface area contributed by atoms with Gasteiger partial charge in [-0.2, -0.15) is 0 Å². The van der Waals surface area contributed by atoms with Crippen LogP contribution in [0.3, 0.4) is 0 Å². The molecule has 0 bridgehead atoms. The van der Waals surface area contributed by atoms with Crippen molar-refractivity contribution in [2.75, 3.05) is 26.4 Å². The molecular formula is C45H90NO7P. The Kier molecular flexibility index (Phi) is 42.5. The number of carbonyl (C=O) groups is 1. The fraction of sp³-hybridized carbons (Fsp3) is 0.933. The Hall–Kier alpha value is -0.920. The van der Waals surface area contributed by atoms with Gasteiger partial charge in [-0.15, -0.1) is 0 Å². The molecule has 9 heteroatoms. The zero-order valence-electron chi connectivity index (χ0n) is 35.7. The van der Waals surface area contributed by atoms with Crippen LogP contribution in [0.15, 0.2) is 12.3 Å². The number of nitrogens with two attached hydrogens (primary N) is 1. The molecule has 0 aliphatic heterocycles. The van der Waals surface area contributed by atoms with Crippen molar-refractivity contribution in [1.29, 1.82) is 0 Å². The van der Waals surface area contributed by atoms with Gasteiger partial charge in [0.25, 0.3) is 0 Å². The standard InChI is InChI=1S/C45H90NO7P/c1-3-5-7-9-11-13-15-17-19-21-22-23-24-26-28-30-32-34-36-38-45(47)51-42-44(43-53-54(48,49)52-41-39-46)50-40-37-35-33-31-29-27-25-20-18-16-14-12-10-8-6-4-2/h37,40,44H,3-36,38-39,41-43,46H2,1-2H3,(H,48,49)/b40-37-/t44-/m1/s1. The lowest BCUT2D eigenvalue weighted by Crippen LogP contribution is -2.25. The van der Waals surface area contributed by atoms with E-state index in [2.05, 4.69) is 13.8 Å². The molecule has 0 heterocycles. The van der Waals surface area contributed by atoms with E-state index in [-0.39, 0.29) is 32.3 Å². The maximum atomic E-state index is 12.4. The van der Waals surface area contributed by atoms with Crippen LogP contribution in [0.1, 0.15) is 239 Å². The summed E-state index contributed by atoms with van der Waals surface area (Å²) in [7, 11) is -4.26. The minimum absolute atomic E-state index is 0.0575. The van der Waals surface area contributed by atoms with E-state index in [4.69, 9.17) is 24.3 Å². The van der Waals surface area contributed by atoms with Crippen LogP contribution >= 0.6 is 7.82 Å². The van der Waals surface area contributed by atoms with Crippen molar-refractivity contribution in [3.63, 3.8) is 0 Å². The quantitative estimate of drug-likeness (QED) is 0.0271. The molecule has 0 saturated carbocycles. The van der Waals surface area contributed by atoms with Gasteiger partial charge in [0.15, 0.2) is 6.10 Å². The number of esters is 1. The van der Waals surface area contributed by atoms with E-state index in [1.54, 1.807) is 6.26 Å². The summed E-state index contributed by atoms with van der Waals surface area (Å²) in [6.07, 6.45) is 47.6. The average molecular weight is 788 g/mol. The summed E-state index contributed by atoms with van der Waals surface area (Å²) in [6, 6.07) is 0. The summed E-state index contributed by atoms with van der Waals surface area (Å²) in [6.45, 7) is 4.26. The highest BCUT2D eigenvalue weighted by Gasteiger charge is 2.24. The predicted octanol–water partition coefficient (Wildman–Crippen LogP) is 14.2. The Morgan fingerprint density at radius 1 is 0.556 bits per heavy atom. The molecule has 0 aromatic rings. The lowest BCUT2D eigenvalue weighted by atomic mass is 10.0. The van der Waals surface area contributed by atoms with Gasteiger partial charge >= 0.3 is 13.8 Å². The van der Waals surface area contributed by atoms with Crippen molar-refractivity contribution in [2.45, 2.75) is 245 Å². The fourth-order valence-corrected chi connectivity index (χ4v) is 7.57. The maximum Gasteiger partial charge on any atom is 0.472 e. The first-order valence-corrected chi connectivity index (χ1v) is 24.7. The minimum Gasteiger partial charge on any atom is -0.492 e. The molecule has 0 radical (unpaired) electrons. The molecule has 2 atom stereocenters. The van der Waals surface area contributed by atoms with E-state index in [0.29, 0.717) is 6.42 Å². The number of allylic oxidation sites excluding steroid dienone is 1. The molecule has 3 N–H and O–H groups in total. The van der Waals surface area contributed by atoms with Gasteiger partial charge in [0.1, 0.15) is 6.61 Å². The molecule has 8 nitrogen and oxygen atoms in total. The van der Waals surface area contributed by atoms with E-state index in [1.807, 2.05) is 6.08 Å². The molecule has 0 amide bonds. The Labute approximate surface area is 334 Å². The van der Waals surface area contributed by atoms with E-state index in [9.17, 15) is 14.3 Å². The molecule has 1 unspecified atom stereocenters. The molecular weight excluding hydrogens is 697 g/mol. The normalized spacial score (nSPS) is 13.4. The van der Waals surface area contributed by atoms with E-state index < -0.39 is 13.9 Å². The van der Waals surface area contributed by atoms with E-state index >= 15 is 0 Å². The van der Waals surface area contributed by atoms with Crippen LogP contribution in [0.5, 0.6) is 0 Å². The molecule has 0 aromatic heterocycles. The van der Waals surface area contributed by atoms with Crippen molar-refractivity contribution in [1.82, 2.24) is 0 Å². The highest BCUT2D eigenvalue weighted by atomic mass is 31.2. The largest absolute Gasteiger partial charge is 0.492 e.